The zero-order valence-electron chi connectivity index (χ0n) is 11.9. The van der Waals surface area contributed by atoms with Crippen LogP contribution in [-0.4, -0.2) is 75.0 Å². The first-order chi connectivity index (χ1) is 8.11. The van der Waals surface area contributed by atoms with Crippen molar-refractivity contribution in [2.75, 3.05) is 54.4 Å². The number of hydrogen-bond acceptors (Lipinski definition) is 2. The smallest absolute Gasteiger partial charge is 0.195 e. The van der Waals surface area contributed by atoms with Gasteiger partial charge < -0.3 is 14.7 Å². The van der Waals surface area contributed by atoms with Gasteiger partial charge in [0.2, 0.25) is 0 Å². The molecule has 1 rings (SSSR count). The summed E-state index contributed by atoms with van der Waals surface area (Å²) in [5.74, 6) is 1.06. The predicted octanol–water partition coefficient (Wildman–Crippen LogP) is 1.34. The predicted molar refractivity (Wildman–Crippen MR) is 74.6 cm³/mol. The van der Waals surface area contributed by atoms with Gasteiger partial charge in [-0.1, -0.05) is 6.42 Å². The second-order valence-electron chi connectivity index (χ2n) is 5.23. The van der Waals surface area contributed by atoms with E-state index in [1.165, 1.54) is 45.3 Å². The van der Waals surface area contributed by atoms with Crippen LogP contribution in [0.3, 0.4) is 0 Å². The summed E-state index contributed by atoms with van der Waals surface area (Å²) in [5.41, 5.74) is 0. The molecular formula is C13H28N4. The van der Waals surface area contributed by atoms with Gasteiger partial charge in [-0.25, -0.2) is 0 Å². The Bertz CT molecular complexity index is 220. The Morgan fingerprint density at radius 3 is 2.12 bits per heavy atom. The van der Waals surface area contributed by atoms with Crippen molar-refractivity contribution in [3.05, 3.63) is 0 Å². The van der Waals surface area contributed by atoms with Gasteiger partial charge in [0, 0.05) is 34.7 Å². The van der Waals surface area contributed by atoms with Crippen LogP contribution in [0.25, 0.3) is 0 Å². The highest BCUT2D eigenvalue weighted by Crippen LogP contribution is 2.08. The summed E-state index contributed by atoms with van der Waals surface area (Å²) in [6.45, 7) is 4.72. The largest absolute Gasteiger partial charge is 0.349 e. The van der Waals surface area contributed by atoms with Crippen molar-refractivity contribution in [2.24, 2.45) is 4.99 Å². The lowest BCUT2D eigenvalue weighted by Gasteiger charge is -2.26. The van der Waals surface area contributed by atoms with Crippen LogP contribution in [0, 0.1) is 0 Å². The minimum atomic E-state index is 0.933. The van der Waals surface area contributed by atoms with E-state index in [4.69, 9.17) is 0 Å². The van der Waals surface area contributed by atoms with E-state index < -0.39 is 0 Å². The average molecular weight is 240 g/mol. The molecule has 0 aromatic carbocycles. The number of likely N-dealkylation sites (tertiary alicyclic amines) is 1. The van der Waals surface area contributed by atoms with Gasteiger partial charge in [0.1, 0.15) is 0 Å². The quantitative estimate of drug-likeness (QED) is 0.421. The van der Waals surface area contributed by atoms with Crippen molar-refractivity contribution in [1.29, 1.82) is 0 Å². The highest BCUT2D eigenvalue weighted by molar-refractivity contribution is 5.79. The number of nitrogens with zero attached hydrogens (tertiary/aromatic N) is 4. The molecule has 0 aromatic heterocycles. The van der Waals surface area contributed by atoms with Gasteiger partial charge in [-0.2, -0.15) is 0 Å². The van der Waals surface area contributed by atoms with Crippen LogP contribution in [0.2, 0.25) is 0 Å². The Balaban J connectivity index is 2.22. The molecule has 0 amide bonds. The lowest BCUT2D eigenvalue weighted by atomic mass is 10.1. The second-order valence-corrected chi connectivity index (χ2v) is 5.23. The van der Waals surface area contributed by atoms with E-state index >= 15 is 0 Å². The standard InChI is InChI=1S/C13H28N4/c1-15(2)13(16(3)4)14-9-8-12-17-10-6-5-7-11-17/h5-12H2,1-4H3. The monoisotopic (exact) mass is 240 g/mol. The highest BCUT2D eigenvalue weighted by Gasteiger charge is 2.09. The van der Waals surface area contributed by atoms with E-state index in [1.54, 1.807) is 0 Å². The van der Waals surface area contributed by atoms with Crippen molar-refractivity contribution in [1.82, 2.24) is 14.7 Å². The zero-order valence-corrected chi connectivity index (χ0v) is 11.9. The number of rotatable bonds is 4. The molecule has 0 spiro atoms. The second kappa shape index (κ2) is 7.54. The maximum Gasteiger partial charge on any atom is 0.195 e. The molecule has 100 valence electrons. The molecular weight excluding hydrogens is 212 g/mol. The Kier molecular flexibility index (Phi) is 6.34. The summed E-state index contributed by atoms with van der Waals surface area (Å²) in [5, 5.41) is 0. The molecule has 1 saturated heterocycles. The summed E-state index contributed by atoms with van der Waals surface area (Å²) in [6, 6.07) is 0. The van der Waals surface area contributed by atoms with Gasteiger partial charge in [-0.15, -0.1) is 0 Å². The molecule has 1 heterocycles. The number of aliphatic imine (C=N–C) groups is 1. The summed E-state index contributed by atoms with van der Waals surface area (Å²) in [4.78, 5) is 11.4. The van der Waals surface area contributed by atoms with Gasteiger partial charge in [-0.05, 0) is 38.9 Å². The topological polar surface area (TPSA) is 22.1 Å². The lowest BCUT2D eigenvalue weighted by molar-refractivity contribution is 0.227. The zero-order chi connectivity index (χ0) is 12.7. The van der Waals surface area contributed by atoms with Crippen molar-refractivity contribution in [2.45, 2.75) is 25.7 Å². The molecule has 0 atom stereocenters. The maximum atomic E-state index is 4.65. The maximum absolute atomic E-state index is 4.65. The highest BCUT2D eigenvalue weighted by atomic mass is 15.3. The normalized spacial score (nSPS) is 16.7. The minimum absolute atomic E-state index is 0.933. The summed E-state index contributed by atoms with van der Waals surface area (Å²) in [7, 11) is 8.18. The molecule has 0 saturated carbocycles. The number of guanidine groups is 1. The van der Waals surface area contributed by atoms with Crippen molar-refractivity contribution in [3.63, 3.8) is 0 Å². The third-order valence-electron chi connectivity index (χ3n) is 3.13. The van der Waals surface area contributed by atoms with Crippen LogP contribution in [0.4, 0.5) is 0 Å². The molecule has 1 aliphatic rings. The molecule has 17 heavy (non-hydrogen) atoms. The number of piperidine rings is 1. The van der Waals surface area contributed by atoms with E-state index in [0.717, 1.165) is 12.5 Å². The van der Waals surface area contributed by atoms with Gasteiger partial charge in [-0.3, -0.25) is 4.99 Å². The van der Waals surface area contributed by atoms with E-state index in [9.17, 15) is 0 Å². The molecule has 1 aliphatic heterocycles. The van der Waals surface area contributed by atoms with Gasteiger partial charge in [0.05, 0.1) is 0 Å². The third-order valence-corrected chi connectivity index (χ3v) is 3.13. The Morgan fingerprint density at radius 1 is 1.00 bits per heavy atom. The minimum Gasteiger partial charge on any atom is -0.349 e. The molecule has 0 aliphatic carbocycles. The Hall–Kier alpha value is -0.770. The van der Waals surface area contributed by atoms with Crippen molar-refractivity contribution < 1.29 is 0 Å². The van der Waals surface area contributed by atoms with Crippen LogP contribution in [0.1, 0.15) is 25.7 Å². The fraction of sp³-hybridized carbons (Fsp3) is 0.923. The van der Waals surface area contributed by atoms with Crippen LogP contribution < -0.4 is 0 Å². The molecule has 0 unspecified atom stereocenters. The van der Waals surface area contributed by atoms with Crippen LogP contribution >= 0.6 is 0 Å². The van der Waals surface area contributed by atoms with E-state index in [-0.39, 0.29) is 0 Å². The Morgan fingerprint density at radius 2 is 1.59 bits per heavy atom. The summed E-state index contributed by atoms with van der Waals surface area (Å²) in [6.07, 6.45) is 5.35. The molecule has 0 bridgehead atoms. The first kappa shape index (κ1) is 14.3. The van der Waals surface area contributed by atoms with Crippen molar-refractivity contribution >= 4 is 5.96 Å². The molecule has 4 nitrogen and oxygen atoms in total. The van der Waals surface area contributed by atoms with Crippen molar-refractivity contribution in [3.8, 4) is 0 Å². The van der Waals surface area contributed by atoms with Crippen LogP contribution in [0.5, 0.6) is 0 Å². The summed E-state index contributed by atoms with van der Waals surface area (Å²) >= 11 is 0. The van der Waals surface area contributed by atoms with E-state index in [2.05, 4.69) is 19.7 Å². The van der Waals surface area contributed by atoms with E-state index in [0.29, 0.717) is 0 Å². The molecule has 0 N–H and O–H groups in total. The molecule has 4 heteroatoms. The van der Waals surface area contributed by atoms with Crippen LogP contribution in [-0.2, 0) is 0 Å². The van der Waals surface area contributed by atoms with Crippen LogP contribution in [0.15, 0.2) is 4.99 Å². The van der Waals surface area contributed by atoms with Gasteiger partial charge >= 0.3 is 0 Å². The molecule has 0 aromatic rings. The first-order valence-corrected chi connectivity index (χ1v) is 6.72. The fourth-order valence-electron chi connectivity index (χ4n) is 2.34. The Labute approximate surface area is 106 Å². The van der Waals surface area contributed by atoms with Gasteiger partial charge in [0.25, 0.3) is 0 Å². The van der Waals surface area contributed by atoms with Gasteiger partial charge in [0.15, 0.2) is 5.96 Å². The van der Waals surface area contributed by atoms with E-state index in [1.807, 2.05) is 28.2 Å². The number of hydrogen-bond donors (Lipinski definition) is 0. The third kappa shape index (κ3) is 5.39. The average Bonchev–Trinajstić information content (AvgIpc) is 2.29. The fourth-order valence-corrected chi connectivity index (χ4v) is 2.34. The lowest BCUT2D eigenvalue weighted by Crippen LogP contribution is -2.36. The first-order valence-electron chi connectivity index (χ1n) is 6.72. The SMILES string of the molecule is CN(C)C(=NCCCN1CCCCC1)N(C)C. The molecule has 1 fully saturated rings. The summed E-state index contributed by atoms with van der Waals surface area (Å²) < 4.78 is 0. The molecule has 0 radical (unpaired) electrons.